The Morgan fingerprint density at radius 1 is 0.941 bits per heavy atom. The molecule has 0 amide bonds. The number of hydrogen-bond acceptors (Lipinski definition) is 3. The quantitative estimate of drug-likeness (QED) is 0.818. The number of rotatable bonds is 4. The van der Waals surface area contributed by atoms with Crippen LogP contribution < -0.4 is 5.73 Å². The van der Waals surface area contributed by atoms with E-state index in [4.69, 9.17) is 15.2 Å². The molecule has 0 unspecified atom stereocenters. The van der Waals surface area contributed by atoms with Crippen molar-refractivity contribution in [2.45, 2.75) is 32.0 Å². The van der Waals surface area contributed by atoms with Crippen molar-refractivity contribution in [1.82, 2.24) is 0 Å². The zero-order valence-corrected chi connectivity index (χ0v) is 11.4. The largest absolute Gasteiger partial charge is 0.348 e. The lowest BCUT2D eigenvalue weighted by Crippen LogP contribution is -2.39. The van der Waals surface area contributed by atoms with Crippen LogP contribution in [0.25, 0.3) is 0 Å². The molecule has 0 heterocycles. The first-order valence-corrected chi connectivity index (χ1v) is 5.81. The highest BCUT2D eigenvalue weighted by atomic mass is 16.7. The van der Waals surface area contributed by atoms with Gasteiger partial charge in [0.2, 0.25) is 5.79 Å². The molecule has 0 bridgehead atoms. The summed E-state index contributed by atoms with van der Waals surface area (Å²) in [5.74, 6) is -0.837. The molecule has 0 radical (unpaired) electrons. The SMILES string of the molecule is COC(CN)(OC)c1ccc(C(C)(C)C)cc1. The topological polar surface area (TPSA) is 44.5 Å². The fourth-order valence-corrected chi connectivity index (χ4v) is 1.83. The van der Waals surface area contributed by atoms with E-state index in [1.807, 2.05) is 12.1 Å². The average Bonchev–Trinajstić information content (AvgIpc) is 2.32. The predicted molar refractivity (Wildman–Crippen MR) is 69.9 cm³/mol. The Balaban J connectivity index is 3.09. The first kappa shape index (κ1) is 14.2. The van der Waals surface area contributed by atoms with Crippen molar-refractivity contribution < 1.29 is 9.47 Å². The van der Waals surface area contributed by atoms with Gasteiger partial charge in [-0.2, -0.15) is 0 Å². The summed E-state index contributed by atoms with van der Waals surface area (Å²) in [4.78, 5) is 0. The molecule has 0 atom stereocenters. The van der Waals surface area contributed by atoms with Gasteiger partial charge < -0.3 is 15.2 Å². The van der Waals surface area contributed by atoms with Gasteiger partial charge in [-0.15, -0.1) is 0 Å². The summed E-state index contributed by atoms with van der Waals surface area (Å²) in [5.41, 5.74) is 8.10. The van der Waals surface area contributed by atoms with E-state index in [1.165, 1.54) is 5.56 Å². The van der Waals surface area contributed by atoms with E-state index >= 15 is 0 Å². The standard InChI is InChI=1S/C14H23NO2/c1-13(2,3)11-6-8-12(9-7-11)14(10-15,16-4)17-5/h6-9H,10,15H2,1-5H3. The fraction of sp³-hybridized carbons (Fsp3) is 0.571. The summed E-state index contributed by atoms with van der Waals surface area (Å²) in [5, 5.41) is 0. The number of benzene rings is 1. The van der Waals surface area contributed by atoms with Crippen molar-refractivity contribution >= 4 is 0 Å². The van der Waals surface area contributed by atoms with E-state index < -0.39 is 5.79 Å². The third-order valence-electron chi connectivity index (χ3n) is 3.12. The van der Waals surface area contributed by atoms with Crippen LogP contribution in [0.5, 0.6) is 0 Å². The molecule has 0 spiro atoms. The molecule has 0 aliphatic carbocycles. The molecular weight excluding hydrogens is 214 g/mol. The Morgan fingerprint density at radius 2 is 1.35 bits per heavy atom. The van der Waals surface area contributed by atoms with E-state index in [0.29, 0.717) is 0 Å². The van der Waals surface area contributed by atoms with Crippen LogP contribution in [-0.4, -0.2) is 20.8 Å². The third-order valence-corrected chi connectivity index (χ3v) is 3.12. The van der Waals surface area contributed by atoms with E-state index in [0.717, 1.165) is 5.56 Å². The Labute approximate surface area is 104 Å². The Morgan fingerprint density at radius 3 is 1.65 bits per heavy atom. The first-order chi connectivity index (χ1) is 7.89. The highest BCUT2D eigenvalue weighted by Gasteiger charge is 2.30. The minimum absolute atomic E-state index is 0.143. The summed E-state index contributed by atoms with van der Waals surface area (Å²) in [7, 11) is 3.21. The third kappa shape index (κ3) is 2.86. The Hall–Kier alpha value is -0.900. The summed E-state index contributed by atoms with van der Waals surface area (Å²) < 4.78 is 10.8. The highest BCUT2D eigenvalue weighted by molar-refractivity contribution is 5.30. The van der Waals surface area contributed by atoms with Gasteiger partial charge in [-0.25, -0.2) is 0 Å². The molecule has 0 aliphatic rings. The predicted octanol–water partition coefficient (Wildman–Crippen LogP) is 2.39. The zero-order chi connectivity index (χ0) is 13.1. The molecule has 96 valence electrons. The number of hydrogen-bond donors (Lipinski definition) is 1. The van der Waals surface area contributed by atoms with Gasteiger partial charge in [-0.3, -0.25) is 0 Å². The van der Waals surface area contributed by atoms with Gasteiger partial charge in [0.15, 0.2) is 0 Å². The highest BCUT2D eigenvalue weighted by Crippen LogP contribution is 2.28. The van der Waals surface area contributed by atoms with Crippen molar-refractivity contribution in [2.24, 2.45) is 5.73 Å². The first-order valence-electron chi connectivity index (χ1n) is 5.81. The average molecular weight is 237 g/mol. The minimum atomic E-state index is -0.837. The molecule has 17 heavy (non-hydrogen) atoms. The van der Waals surface area contributed by atoms with Gasteiger partial charge in [0.25, 0.3) is 0 Å². The normalized spacial score (nSPS) is 12.8. The van der Waals surface area contributed by atoms with Gasteiger partial charge in [0.05, 0.1) is 6.54 Å². The maximum atomic E-state index is 5.73. The van der Waals surface area contributed by atoms with Crippen LogP contribution in [-0.2, 0) is 20.7 Å². The molecule has 1 aromatic rings. The molecule has 1 rings (SSSR count). The lowest BCUT2D eigenvalue weighted by atomic mass is 9.86. The van der Waals surface area contributed by atoms with Crippen LogP contribution in [0.1, 0.15) is 31.9 Å². The zero-order valence-electron chi connectivity index (χ0n) is 11.4. The molecule has 1 aromatic carbocycles. The van der Waals surface area contributed by atoms with Crippen LogP contribution in [0, 0.1) is 0 Å². The number of nitrogens with two attached hydrogens (primary N) is 1. The molecule has 0 aliphatic heterocycles. The van der Waals surface area contributed by atoms with Gasteiger partial charge in [0.1, 0.15) is 0 Å². The molecule has 2 N–H and O–H groups in total. The molecular formula is C14H23NO2. The number of methoxy groups -OCH3 is 2. The lowest BCUT2D eigenvalue weighted by molar-refractivity contribution is -0.207. The smallest absolute Gasteiger partial charge is 0.207 e. The van der Waals surface area contributed by atoms with E-state index in [2.05, 4.69) is 32.9 Å². The van der Waals surface area contributed by atoms with Gasteiger partial charge >= 0.3 is 0 Å². The van der Waals surface area contributed by atoms with Crippen molar-refractivity contribution in [3.05, 3.63) is 35.4 Å². The molecule has 3 nitrogen and oxygen atoms in total. The summed E-state index contributed by atoms with van der Waals surface area (Å²) in [6, 6.07) is 8.22. The summed E-state index contributed by atoms with van der Waals surface area (Å²) >= 11 is 0. The summed E-state index contributed by atoms with van der Waals surface area (Å²) in [6.45, 7) is 6.84. The molecule has 0 saturated carbocycles. The second-order valence-corrected chi connectivity index (χ2v) is 5.19. The van der Waals surface area contributed by atoms with E-state index in [-0.39, 0.29) is 12.0 Å². The van der Waals surface area contributed by atoms with Crippen LogP contribution in [0.3, 0.4) is 0 Å². The van der Waals surface area contributed by atoms with Gasteiger partial charge in [-0.05, 0) is 11.0 Å². The maximum absolute atomic E-state index is 5.73. The van der Waals surface area contributed by atoms with Crippen molar-refractivity contribution in [2.75, 3.05) is 20.8 Å². The second-order valence-electron chi connectivity index (χ2n) is 5.19. The number of ether oxygens (including phenoxy) is 2. The van der Waals surface area contributed by atoms with Crippen molar-refractivity contribution in [3.8, 4) is 0 Å². The summed E-state index contributed by atoms with van der Waals surface area (Å²) in [6.07, 6.45) is 0. The molecule has 3 heteroatoms. The van der Waals surface area contributed by atoms with Gasteiger partial charge in [-0.1, -0.05) is 45.0 Å². The van der Waals surface area contributed by atoms with E-state index in [1.54, 1.807) is 14.2 Å². The molecule has 0 saturated heterocycles. The van der Waals surface area contributed by atoms with Crippen LogP contribution >= 0.6 is 0 Å². The fourth-order valence-electron chi connectivity index (χ4n) is 1.83. The second kappa shape index (κ2) is 5.17. The Bertz CT molecular complexity index is 339. The van der Waals surface area contributed by atoms with Crippen LogP contribution in [0.15, 0.2) is 24.3 Å². The van der Waals surface area contributed by atoms with E-state index in [9.17, 15) is 0 Å². The van der Waals surface area contributed by atoms with Crippen molar-refractivity contribution in [3.63, 3.8) is 0 Å². The van der Waals surface area contributed by atoms with Crippen molar-refractivity contribution in [1.29, 1.82) is 0 Å². The van der Waals surface area contributed by atoms with Crippen LogP contribution in [0.2, 0.25) is 0 Å². The van der Waals surface area contributed by atoms with Crippen LogP contribution in [0.4, 0.5) is 0 Å². The maximum Gasteiger partial charge on any atom is 0.207 e. The molecule has 0 fully saturated rings. The minimum Gasteiger partial charge on any atom is -0.348 e. The molecule has 0 aromatic heterocycles. The monoisotopic (exact) mass is 237 g/mol. The van der Waals surface area contributed by atoms with Gasteiger partial charge in [0, 0.05) is 19.8 Å². The Kier molecular flexibility index (Phi) is 4.31. The lowest BCUT2D eigenvalue weighted by Gasteiger charge is -2.30.